The third kappa shape index (κ3) is 5.11. The van der Waals surface area contributed by atoms with Crippen LogP contribution in [0.3, 0.4) is 0 Å². The Kier molecular flexibility index (Phi) is 6.85. The Bertz CT molecular complexity index is 745. The molecule has 2 rings (SSSR count). The first-order valence-electron chi connectivity index (χ1n) is 8.50. The number of nitrogens with one attached hydrogen (secondary N) is 1. The maximum absolute atomic E-state index is 12.4. The summed E-state index contributed by atoms with van der Waals surface area (Å²) in [6.07, 6.45) is 1.26. The molecule has 1 N–H and O–H groups in total. The average molecular weight is 376 g/mol. The predicted molar refractivity (Wildman–Crippen MR) is 101 cm³/mol. The van der Waals surface area contributed by atoms with Gasteiger partial charge in [0.25, 0.3) is 0 Å². The zero-order chi connectivity index (χ0) is 19.3. The smallest absolute Gasteiger partial charge is 0.333 e. The molecule has 0 bridgehead atoms. The van der Waals surface area contributed by atoms with E-state index in [1.165, 1.54) is 28.3 Å². The average Bonchev–Trinajstić information content (AvgIpc) is 2.90. The zero-order valence-corrected chi connectivity index (χ0v) is 16.3. The van der Waals surface area contributed by atoms with Crippen LogP contribution in [-0.4, -0.2) is 41.6 Å². The first-order valence-corrected chi connectivity index (χ1v) is 9.48. The van der Waals surface area contributed by atoms with Crippen molar-refractivity contribution in [2.24, 2.45) is 0 Å². The van der Waals surface area contributed by atoms with Gasteiger partial charge in [-0.3, -0.25) is 14.5 Å². The molecule has 26 heavy (non-hydrogen) atoms. The van der Waals surface area contributed by atoms with Crippen molar-refractivity contribution in [2.75, 3.05) is 18.9 Å². The molecule has 6 nitrogen and oxygen atoms in total. The van der Waals surface area contributed by atoms with Gasteiger partial charge in [0, 0.05) is 0 Å². The molecule has 2 amide bonds. The monoisotopic (exact) mass is 376 g/mol. The minimum absolute atomic E-state index is 0.119. The number of hydrogen-bond donors (Lipinski definition) is 1. The quantitative estimate of drug-likeness (QED) is 0.610. The lowest BCUT2D eigenvalue weighted by atomic mass is 10.0. The highest BCUT2D eigenvalue weighted by molar-refractivity contribution is 8.04. The van der Waals surface area contributed by atoms with Gasteiger partial charge in [0.1, 0.15) is 6.54 Å². The van der Waals surface area contributed by atoms with E-state index in [2.05, 4.69) is 5.32 Å². The van der Waals surface area contributed by atoms with Crippen molar-refractivity contribution in [3.05, 3.63) is 46.0 Å². The van der Waals surface area contributed by atoms with Crippen LogP contribution in [-0.2, 0) is 19.1 Å². The highest BCUT2D eigenvalue weighted by atomic mass is 32.2. The summed E-state index contributed by atoms with van der Waals surface area (Å²) in [7, 11) is 0. The number of rotatable bonds is 6. The maximum Gasteiger partial charge on any atom is 0.333 e. The third-order valence-electron chi connectivity index (χ3n) is 4.15. The number of benzene rings is 1. The van der Waals surface area contributed by atoms with Crippen LogP contribution < -0.4 is 5.32 Å². The van der Waals surface area contributed by atoms with E-state index < -0.39 is 5.97 Å². The second-order valence-electron chi connectivity index (χ2n) is 6.14. The molecular formula is C19H24N2O4S. The maximum atomic E-state index is 12.4. The SMILES string of the molecule is CCOC(=O)/C=C1/SCC(=O)N1CC(=O)NC(C)c1ccc(C)c(C)c1. The summed E-state index contributed by atoms with van der Waals surface area (Å²) in [4.78, 5) is 37.3. The minimum atomic E-state index is -0.515. The highest BCUT2D eigenvalue weighted by Crippen LogP contribution is 2.28. The van der Waals surface area contributed by atoms with E-state index in [0.29, 0.717) is 5.03 Å². The molecule has 140 valence electrons. The standard InChI is InChI=1S/C19H24N2O4S/c1-5-25-19(24)9-18-21(17(23)11-26-18)10-16(22)20-14(4)15-7-6-12(2)13(3)8-15/h6-9,14H,5,10-11H2,1-4H3,(H,20,22)/b18-9+. The number of ether oxygens (including phenoxy) is 1. The lowest BCUT2D eigenvalue weighted by Crippen LogP contribution is -2.38. The number of carbonyl (C=O) groups excluding carboxylic acids is 3. The largest absolute Gasteiger partial charge is 0.463 e. The molecule has 1 aromatic rings. The molecule has 1 aliphatic heterocycles. The fourth-order valence-corrected chi connectivity index (χ4v) is 3.46. The summed E-state index contributed by atoms with van der Waals surface area (Å²) in [6, 6.07) is 5.87. The van der Waals surface area contributed by atoms with E-state index >= 15 is 0 Å². The fraction of sp³-hybridized carbons (Fsp3) is 0.421. The number of nitrogens with zero attached hydrogens (tertiary/aromatic N) is 1. The van der Waals surface area contributed by atoms with Gasteiger partial charge in [0.2, 0.25) is 11.8 Å². The Morgan fingerprint density at radius 2 is 2.08 bits per heavy atom. The number of aryl methyl sites for hydroxylation is 2. The molecule has 1 aliphatic rings. The summed E-state index contributed by atoms with van der Waals surface area (Å²) >= 11 is 1.23. The van der Waals surface area contributed by atoms with Crippen molar-refractivity contribution in [2.45, 2.75) is 33.7 Å². The topological polar surface area (TPSA) is 75.7 Å². The van der Waals surface area contributed by atoms with Crippen molar-refractivity contribution in [1.29, 1.82) is 0 Å². The lowest BCUT2D eigenvalue weighted by molar-refractivity contribution is -0.137. The number of esters is 1. The molecule has 0 radical (unpaired) electrons. The number of hydrogen-bond acceptors (Lipinski definition) is 5. The van der Waals surface area contributed by atoms with Crippen molar-refractivity contribution >= 4 is 29.5 Å². The van der Waals surface area contributed by atoms with Crippen molar-refractivity contribution < 1.29 is 19.1 Å². The molecule has 1 aromatic carbocycles. The molecule has 7 heteroatoms. The van der Waals surface area contributed by atoms with Crippen LogP contribution in [0, 0.1) is 13.8 Å². The summed E-state index contributed by atoms with van der Waals surface area (Å²) in [5, 5.41) is 3.35. The summed E-state index contributed by atoms with van der Waals surface area (Å²) in [6.45, 7) is 7.82. The zero-order valence-electron chi connectivity index (χ0n) is 15.5. The van der Waals surface area contributed by atoms with Gasteiger partial charge in [-0.15, -0.1) is 0 Å². The highest BCUT2D eigenvalue weighted by Gasteiger charge is 2.29. The molecule has 0 spiro atoms. The summed E-state index contributed by atoms with van der Waals surface area (Å²) in [5.41, 5.74) is 3.36. The van der Waals surface area contributed by atoms with Crippen LogP contribution in [0.1, 0.15) is 36.6 Å². The third-order valence-corrected chi connectivity index (χ3v) is 5.17. The molecule has 0 saturated carbocycles. The number of carbonyl (C=O) groups is 3. The van der Waals surface area contributed by atoms with E-state index in [1.807, 2.05) is 39.0 Å². The Morgan fingerprint density at radius 1 is 1.35 bits per heavy atom. The van der Waals surface area contributed by atoms with E-state index in [0.717, 1.165) is 11.1 Å². The van der Waals surface area contributed by atoms with Crippen LogP contribution in [0.25, 0.3) is 0 Å². The lowest BCUT2D eigenvalue weighted by Gasteiger charge is -2.20. The molecule has 1 unspecified atom stereocenters. The molecule has 1 heterocycles. The molecular weight excluding hydrogens is 352 g/mol. The van der Waals surface area contributed by atoms with Gasteiger partial charge < -0.3 is 10.1 Å². The second kappa shape index (κ2) is 8.89. The van der Waals surface area contributed by atoms with Gasteiger partial charge in [-0.2, -0.15) is 0 Å². The Morgan fingerprint density at radius 3 is 2.73 bits per heavy atom. The van der Waals surface area contributed by atoms with Gasteiger partial charge in [-0.05, 0) is 44.4 Å². The fourth-order valence-electron chi connectivity index (χ4n) is 2.53. The predicted octanol–water partition coefficient (Wildman–Crippen LogP) is 2.46. The minimum Gasteiger partial charge on any atom is -0.463 e. The number of amides is 2. The van der Waals surface area contributed by atoms with Gasteiger partial charge in [-0.1, -0.05) is 30.0 Å². The van der Waals surface area contributed by atoms with Gasteiger partial charge in [-0.25, -0.2) is 4.79 Å². The Hall–Kier alpha value is -2.28. The Labute approximate surface area is 158 Å². The normalized spacial score (nSPS) is 16.7. The second-order valence-corrected chi connectivity index (χ2v) is 7.13. The van der Waals surface area contributed by atoms with Crippen LogP contribution in [0.2, 0.25) is 0 Å². The first kappa shape index (κ1) is 20.0. The van der Waals surface area contributed by atoms with E-state index in [1.54, 1.807) is 6.92 Å². The van der Waals surface area contributed by atoms with Gasteiger partial charge in [0.15, 0.2) is 0 Å². The summed E-state index contributed by atoms with van der Waals surface area (Å²) in [5.74, 6) is -0.773. The molecule has 1 atom stereocenters. The van der Waals surface area contributed by atoms with Gasteiger partial charge in [0.05, 0.1) is 29.5 Å². The van der Waals surface area contributed by atoms with E-state index in [-0.39, 0.29) is 36.8 Å². The van der Waals surface area contributed by atoms with Crippen molar-refractivity contribution in [1.82, 2.24) is 10.2 Å². The van der Waals surface area contributed by atoms with Crippen LogP contribution in [0.5, 0.6) is 0 Å². The van der Waals surface area contributed by atoms with Crippen LogP contribution in [0.15, 0.2) is 29.3 Å². The van der Waals surface area contributed by atoms with E-state index in [4.69, 9.17) is 4.74 Å². The van der Waals surface area contributed by atoms with Crippen LogP contribution in [0.4, 0.5) is 0 Å². The Balaban J connectivity index is 2.01. The van der Waals surface area contributed by atoms with E-state index in [9.17, 15) is 14.4 Å². The summed E-state index contributed by atoms with van der Waals surface area (Å²) < 4.78 is 4.87. The number of thioether (sulfide) groups is 1. The van der Waals surface area contributed by atoms with Crippen molar-refractivity contribution in [3.8, 4) is 0 Å². The van der Waals surface area contributed by atoms with Crippen LogP contribution >= 0.6 is 11.8 Å². The molecule has 0 aromatic heterocycles. The molecule has 1 fully saturated rings. The molecule has 1 saturated heterocycles. The first-order chi connectivity index (χ1) is 12.3. The van der Waals surface area contributed by atoms with Crippen molar-refractivity contribution in [3.63, 3.8) is 0 Å². The molecule has 0 aliphatic carbocycles. The van der Waals surface area contributed by atoms with Gasteiger partial charge >= 0.3 is 5.97 Å².